The summed E-state index contributed by atoms with van der Waals surface area (Å²) in [6.07, 6.45) is -1.56. The summed E-state index contributed by atoms with van der Waals surface area (Å²) in [7, 11) is 0. The van der Waals surface area contributed by atoms with Gasteiger partial charge < -0.3 is 18.9 Å². The molecule has 1 aromatic rings. The van der Waals surface area contributed by atoms with E-state index in [2.05, 4.69) is 6.92 Å². The van der Waals surface area contributed by atoms with Gasteiger partial charge in [0, 0.05) is 11.5 Å². The zero-order valence-corrected chi connectivity index (χ0v) is 16.1. The van der Waals surface area contributed by atoms with Crippen LogP contribution in [0.3, 0.4) is 0 Å². The van der Waals surface area contributed by atoms with Crippen molar-refractivity contribution in [2.24, 2.45) is 11.8 Å². The first-order valence-corrected chi connectivity index (χ1v) is 9.20. The maximum Gasteiger partial charge on any atom is 0.265 e. The fourth-order valence-corrected chi connectivity index (χ4v) is 3.21. The molecule has 2 aliphatic heterocycles. The summed E-state index contributed by atoms with van der Waals surface area (Å²) in [6, 6.07) is 9.78. The van der Waals surface area contributed by atoms with Crippen LogP contribution in [0.25, 0.3) is 0 Å². The Balaban J connectivity index is 1.68. The predicted molar refractivity (Wildman–Crippen MR) is 96.1 cm³/mol. The van der Waals surface area contributed by atoms with Crippen molar-refractivity contribution in [1.29, 1.82) is 5.41 Å². The minimum atomic E-state index is -1.92. The maximum absolute atomic E-state index is 7.75. The van der Waals surface area contributed by atoms with Crippen LogP contribution in [0.15, 0.2) is 30.3 Å². The third-order valence-corrected chi connectivity index (χ3v) is 5.22. The van der Waals surface area contributed by atoms with E-state index in [1.807, 2.05) is 37.3 Å². The van der Waals surface area contributed by atoms with E-state index in [9.17, 15) is 0 Å². The molecule has 3 unspecified atom stereocenters. The monoisotopic (exact) mass is 407 g/mol. The van der Waals surface area contributed by atoms with Gasteiger partial charge >= 0.3 is 0 Å². The van der Waals surface area contributed by atoms with E-state index >= 15 is 0 Å². The Morgan fingerprint density at radius 3 is 2.44 bits per heavy atom. The van der Waals surface area contributed by atoms with Crippen LogP contribution in [-0.4, -0.2) is 34.8 Å². The number of nitrogens with one attached hydrogen (secondary N) is 1. The number of benzene rings is 1. The minimum absolute atomic E-state index is 0.0523. The highest BCUT2D eigenvalue weighted by molar-refractivity contribution is 6.76. The van der Waals surface area contributed by atoms with Gasteiger partial charge in [0.25, 0.3) is 3.79 Å². The lowest BCUT2D eigenvalue weighted by Gasteiger charge is -2.47. The zero-order chi connectivity index (χ0) is 18.2. The zero-order valence-electron chi connectivity index (χ0n) is 13.8. The molecule has 0 aliphatic carbocycles. The first-order valence-electron chi connectivity index (χ1n) is 8.07. The van der Waals surface area contributed by atoms with Crippen molar-refractivity contribution in [3.05, 3.63) is 35.9 Å². The number of alkyl halides is 3. The van der Waals surface area contributed by atoms with Gasteiger partial charge in [-0.1, -0.05) is 79.0 Å². The molecule has 2 fully saturated rings. The number of halogens is 3. The van der Waals surface area contributed by atoms with E-state index in [0.717, 1.165) is 5.56 Å². The number of hydrogen-bond acceptors (Lipinski definition) is 5. The first-order chi connectivity index (χ1) is 11.8. The summed E-state index contributed by atoms with van der Waals surface area (Å²) in [6.45, 7) is 4.39. The van der Waals surface area contributed by atoms with Crippen molar-refractivity contribution in [2.45, 2.75) is 42.4 Å². The Morgan fingerprint density at radius 2 is 1.80 bits per heavy atom. The minimum Gasteiger partial charge on any atom is -0.448 e. The molecule has 1 N–H and O–H groups in total. The number of hydrogen-bond donors (Lipinski definition) is 1. The van der Waals surface area contributed by atoms with Gasteiger partial charge in [-0.05, 0) is 5.92 Å². The molecule has 8 heteroatoms. The fraction of sp³-hybridized carbons (Fsp3) is 0.588. The molecule has 0 aromatic heterocycles. The average Bonchev–Trinajstić information content (AvgIpc) is 2.59. The molecule has 0 radical (unpaired) electrons. The van der Waals surface area contributed by atoms with Crippen molar-refractivity contribution in [1.82, 2.24) is 0 Å². The molecule has 5 nitrogen and oxygen atoms in total. The Morgan fingerprint density at radius 1 is 1.12 bits per heavy atom. The van der Waals surface area contributed by atoms with Crippen molar-refractivity contribution in [3.63, 3.8) is 0 Å². The number of fused-ring (bicyclic) bond motifs is 1. The van der Waals surface area contributed by atoms with E-state index in [4.69, 9.17) is 59.2 Å². The molecule has 0 bridgehead atoms. The summed E-state index contributed by atoms with van der Waals surface area (Å²) < 4.78 is 21.4. The quantitative estimate of drug-likeness (QED) is 0.446. The van der Waals surface area contributed by atoms with Crippen LogP contribution in [0.1, 0.15) is 25.7 Å². The van der Waals surface area contributed by atoms with E-state index in [-0.39, 0.29) is 24.0 Å². The van der Waals surface area contributed by atoms with Gasteiger partial charge in [-0.2, -0.15) is 0 Å². The van der Waals surface area contributed by atoms with Gasteiger partial charge in [-0.15, -0.1) is 0 Å². The third-order valence-electron chi connectivity index (χ3n) is 4.71. The average molecular weight is 409 g/mol. The van der Waals surface area contributed by atoms with Crippen LogP contribution in [0.5, 0.6) is 0 Å². The lowest BCUT2D eigenvalue weighted by Crippen LogP contribution is -2.56. The van der Waals surface area contributed by atoms with Gasteiger partial charge in [0.2, 0.25) is 12.2 Å². The molecule has 138 valence electrons. The molecule has 3 rings (SSSR count). The highest BCUT2D eigenvalue weighted by Crippen LogP contribution is 2.40. The highest BCUT2D eigenvalue weighted by atomic mass is 35.6. The summed E-state index contributed by atoms with van der Waals surface area (Å²) in [4.78, 5) is 0. The van der Waals surface area contributed by atoms with Crippen LogP contribution in [-0.2, 0) is 18.9 Å². The molecule has 0 saturated carbocycles. The van der Waals surface area contributed by atoms with Crippen molar-refractivity contribution < 1.29 is 18.9 Å². The summed E-state index contributed by atoms with van der Waals surface area (Å²) in [5, 5.41) is 7.75. The molecule has 1 aromatic carbocycles. The second-order valence-electron chi connectivity index (χ2n) is 6.38. The Kier molecular flexibility index (Phi) is 5.83. The molecule has 25 heavy (non-hydrogen) atoms. The SMILES string of the molecule is CC1[C@@H](OC(=N)C(Cl)(Cl)Cl)OC2COC(c3ccccc3)O[C@H]2[C@@H]1C. The highest BCUT2D eigenvalue weighted by Gasteiger charge is 2.48. The summed E-state index contributed by atoms with van der Waals surface area (Å²) in [5.41, 5.74) is 0.970. The van der Waals surface area contributed by atoms with Crippen molar-refractivity contribution in [3.8, 4) is 0 Å². The van der Waals surface area contributed by atoms with Crippen LogP contribution in [0, 0.1) is 17.2 Å². The molecule has 2 heterocycles. The third kappa shape index (κ3) is 4.24. The van der Waals surface area contributed by atoms with Crippen molar-refractivity contribution >= 4 is 40.7 Å². The maximum atomic E-state index is 7.75. The fourth-order valence-electron chi connectivity index (χ4n) is 3.07. The largest absolute Gasteiger partial charge is 0.448 e. The van der Waals surface area contributed by atoms with Crippen LogP contribution >= 0.6 is 34.8 Å². The van der Waals surface area contributed by atoms with E-state index in [1.165, 1.54) is 0 Å². The molecule has 2 saturated heterocycles. The van der Waals surface area contributed by atoms with Gasteiger partial charge in [-0.3, -0.25) is 5.41 Å². The molecule has 2 aliphatic rings. The van der Waals surface area contributed by atoms with E-state index < -0.39 is 22.3 Å². The van der Waals surface area contributed by atoms with Crippen LogP contribution in [0.4, 0.5) is 0 Å². The lowest BCUT2D eigenvalue weighted by atomic mass is 9.84. The molecular weight excluding hydrogens is 389 g/mol. The normalized spacial score (nSPS) is 35.7. The Labute approximate surface area is 161 Å². The molecule has 0 spiro atoms. The smallest absolute Gasteiger partial charge is 0.265 e. The Hall–Kier alpha value is -0.560. The summed E-state index contributed by atoms with van der Waals surface area (Å²) >= 11 is 17.1. The van der Waals surface area contributed by atoms with Gasteiger partial charge in [-0.25, -0.2) is 0 Å². The lowest BCUT2D eigenvalue weighted by molar-refractivity contribution is -0.333. The van der Waals surface area contributed by atoms with Crippen molar-refractivity contribution in [2.75, 3.05) is 6.61 Å². The summed E-state index contributed by atoms with van der Waals surface area (Å²) in [5.74, 6) is -0.398. The number of ether oxygens (including phenoxy) is 4. The molecular formula is C17H20Cl3NO4. The second-order valence-corrected chi connectivity index (χ2v) is 8.66. The molecule has 0 amide bonds. The van der Waals surface area contributed by atoms with E-state index in [1.54, 1.807) is 0 Å². The van der Waals surface area contributed by atoms with Gasteiger partial charge in [0.05, 0.1) is 12.7 Å². The van der Waals surface area contributed by atoms with Gasteiger partial charge in [0.15, 0.2) is 6.29 Å². The first kappa shape index (κ1) is 19.2. The van der Waals surface area contributed by atoms with Crippen LogP contribution < -0.4 is 0 Å². The van der Waals surface area contributed by atoms with E-state index in [0.29, 0.717) is 6.61 Å². The second kappa shape index (κ2) is 7.59. The standard InChI is InChI=1S/C17H20Cl3NO4/c1-9-10(2)14(25-16(21)17(18,19)20)23-12-8-22-15(24-13(9)12)11-6-4-3-5-7-11/h3-7,9-10,12-15,21H,8H2,1-2H3/t9-,10?,12?,13+,14-,15?/m1/s1. The predicted octanol–water partition coefficient (Wildman–Crippen LogP) is 4.46. The topological polar surface area (TPSA) is 60.8 Å². The molecule has 6 atom stereocenters. The number of rotatable bonds is 2. The van der Waals surface area contributed by atoms with Gasteiger partial charge in [0.1, 0.15) is 6.10 Å². The Bertz CT molecular complexity index is 608. The van der Waals surface area contributed by atoms with Crippen LogP contribution in [0.2, 0.25) is 0 Å².